The number of allylic oxidation sites excluding steroid dienone is 1. The van der Waals surface area contributed by atoms with Crippen molar-refractivity contribution in [2.75, 3.05) is 13.1 Å². The van der Waals surface area contributed by atoms with E-state index in [0.29, 0.717) is 48.4 Å². The Hall–Kier alpha value is -4.64. The van der Waals surface area contributed by atoms with Crippen molar-refractivity contribution >= 4 is 28.7 Å². The second kappa shape index (κ2) is 10.0. The van der Waals surface area contributed by atoms with Crippen LogP contribution < -0.4 is 11.3 Å². The fourth-order valence-electron chi connectivity index (χ4n) is 4.65. The summed E-state index contributed by atoms with van der Waals surface area (Å²) >= 11 is 0. The number of benzene rings is 2. The quantitative estimate of drug-likeness (QED) is 0.337. The zero-order chi connectivity index (χ0) is 26.9. The number of amides is 1. The van der Waals surface area contributed by atoms with Crippen LogP contribution in [0.3, 0.4) is 0 Å². The first kappa shape index (κ1) is 25.0. The molecule has 2 aromatic heterocycles. The van der Waals surface area contributed by atoms with E-state index >= 15 is 0 Å². The van der Waals surface area contributed by atoms with Crippen LogP contribution in [-0.4, -0.2) is 60.2 Å². The molecule has 38 heavy (non-hydrogen) atoms. The third-order valence-corrected chi connectivity index (χ3v) is 6.87. The number of likely N-dealkylation sites (tertiary alicyclic amines) is 1. The number of halogens is 1. The molecule has 0 spiro atoms. The van der Waals surface area contributed by atoms with Gasteiger partial charge in [-0.3, -0.25) is 14.2 Å². The first-order valence-electron chi connectivity index (χ1n) is 12.1. The predicted octanol–water partition coefficient (Wildman–Crippen LogP) is 2.34. The van der Waals surface area contributed by atoms with Gasteiger partial charge in [0.25, 0.3) is 11.5 Å². The van der Waals surface area contributed by atoms with Gasteiger partial charge in [-0.15, -0.1) is 0 Å². The normalized spacial score (nSPS) is 15.5. The fraction of sp³-hybridized carbons (Fsp3) is 0.222. The second-order valence-corrected chi connectivity index (χ2v) is 9.31. The van der Waals surface area contributed by atoms with Crippen LogP contribution in [0.25, 0.3) is 22.3 Å². The summed E-state index contributed by atoms with van der Waals surface area (Å²) in [5.74, 6) is -0.530. The van der Waals surface area contributed by atoms with Gasteiger partial charge in [-0.2, -0.15) is 5.10 Å². The molecule has 1 aliphatic rings. The summed E-state index contributed by atoms with van der Waals surface area (Å²) in [5.41, 5.74) is 6.71. The highest BCUT2D eigenvalue weighted by atomic mass is 19.1. The standard InChI is InChI=1S/C27H26FN7O3/c28-21-5-7-22(8-6-21)35-24-23(15-32-35)26(37)34(17-31-24)16-27(38)9-11-33(12-10-27)25(36)19-3-1-18(2-4-19)20(13-29)14-30/h1-8,13-15,17,29,38H,9-12,16,30H2/b20-14+,29-13?. The van der Waals surface area contributed by atoms with Gasteiger partial charge >= 0.3 is 0 Å². The van der Waals surface area contributed by atoms with Gasteiger partial charge < -0.3 is 21.1 Å². The molecule has 11 heteroatoms. The zero-order valence-electron chi connectivity index (χ0n) is 20.4. The molecule has 2 aromatic carbocycles. The number of carbonyl (C=O) groups is 1. The summed E-state index contributed by atoms with van der Waals surface area (Å²) in [6.07, 6.45) is 5.87. The van der Waals surface area contributed by atoms with Crippen LogP contribution in [0.1, 0.15) is 28.8 Å². The van der Waals surface area contributed by atoms with Crippen LogP contribution >= 0.6 is 0 Å². The van der Waals surface area contributed by atoms with Gasteiger partial charge in [0.2, 0.25) is 0 Å². The summed E-state index contributed by atoms with van der Waals surface area (Å²) in [6.45, 7) is 0.696. The van der Waals surface area contributed by atoms with Gasteiger partial charge in [0.1, 0.15) is 17.5 Å². The first-order chi connectivity index (χ1) is 18.3. The van der Waals surface area contributed by atoms with Crippen molar-refractivity contribution in [3.63, 3.8) is 0 Å². The summed E-state index contributed by atoms with van der Waals surface area (Å²) < 4.78 is 16.1. The Labute approximate surface area is 217 Å². The van der Waals surface area contributed by atoms with Crippen molar-refractivity contribution in [1.82, 2.24) is 24.2 Å². The van der Waals surface area contributed by atoms with E-state index in [2.05, 4.69) is 10.1 Å². The maximum absolute atomic E-state index is 13.3. The molecular formula is C27H26FN7O3. The molecule has 194 valence electrons. The predicted molar refractivity (Wildman–Crippen MR) is 141 cm³/mol. The van der Waals surface area contributed by atoms with Crippen molar-refractivity contribution in [2.24, 2.45) is 5.73 Å². The molecule has 1 amide bonds. The average molecular weight is 516 g/mol. The highest BCUT2D eigenvalue weighted by Crippen LogP contribution is 2.25. The van der Waals surface area contributed by atoms with E-state index in [1.807, 2.05) is 0 Å². The van der Waals surface area contributed by atoms with E-state index in [0.717, 1.165) is 11.8 Å². The molecule has 4 N–H and O–H groups in total. The molecule has 0 bridgehead atoms. The lowest BCUT2D eigenvalue weighted by molar-refractivity contribution is -0.0299. The molecule has 0 unspecified atom stereocenters. The molecule has 0 atom stereocenters. The van der Waals surface area contributed by atoms with Crippen LogP contribution in [0, 0.1) is 11.2 Å². The number of aromatic nitrogens is 4. The van der Waals surface area contributed by atoms with Gasteiger partial charge in [0, 0.05) is 36.6 Å². The summed E-state index contributed by atoms with van der Waals surface area (Å²) in [7, 11) is 0. The van der Waals surface area contributed by atoms with E-state index in [9.17, 15) is 19.1 Å². The van der Waals surface area contributed by atoms with Crippen molar-refractivity contribution in [1.29, 1.82) is 5.41 Å². The van der Waals surface area contributed by atoms with E-state index in [1.54, 1.807) is 41.3 Å². The lowest BCUT2D eigenvalue weighted by Crippen LogP contribution is -2.49. The molecule has 0 saturated carbocycles. The maximum Gasteiger partial charge on any atom is 0.264 e. The van der Waals surface area contributed by atoms with Crippen molar-refractivity contribution in [3.05, 3.63) is 94.6 Å². The smallest absolute Gasteiger partial charge is 0.264 e. The molecule has 4 aromatic rings. The number of nitrogens with zero attached hydrogens (tertiary/aromatic N) is 5. The Balaban J connectivity index is 1.27. The summed E-state index contributed by atoms with van der Waals surface area (Å²) in [6, 6.07) is 12.6. The van der Waals surface area contributed by atoms with Gasteiger partial charge in [-0.1, -0.05) is 12.1 Å². The van der Waals surface area contributed by atoms with Crippen LogP contribution in [0.2, 0.25) is 0 Å². The van der Waals surface area contributed by atoms with Gasteiger partial charge in [0.15, 0.2) is 5.65 Å². The molecule has 1 saturated heterocycles. The van der Waals surface area contributed by atoms with Gasteiger partial charge in [-0.25, -0.2) is 14.1 Å². The van der Waals surface area contributed by atoms with E-state index in [-0.39, 0.29) is 29.2 Å². The Bertz CT molecular complexity index is 1580. The fourth-order valence-corrected chi connectivity index (χ4v) is 4.65. The Morgan fingerprint density at radius 1 is 1.11 bits per heavy atom. The van der Waals surface area contributed by atoms with Crippen molar-refractivity contribution in [3.8, 4) is 5.69 Å². The Morgan fingerprint density at radius 3 is 2.39 bits per heavy atom. The number of rotatable bonds is 6. The van der Waals surface area contributed by atoms with Crippen LogP contribution in [0.5, 0.6) is 0 Å². The minimum Gasteiger partial charge on any atom is -0.404 e. The highest BCUT2D eigenvalue weighted by Gasteiger charge is 2.35. The van der Waals surface area contributed by atoms with E-state index in [4.69, 9.17) is 11.1 Å². The maximum atomic E-state index is 13.3. The zero-order valence-corrected chi connectivity index (χ0v) is 20.4. The average Bonchev–Trinajstić information content (AvgIpc) is 3.37. The SMILES string of the molecule is N=C/C(=C\N)c1ccc(C(=O)N2CCC(O)(Cn3cnc4c(cnn4-c4ccc(F)cc4)c3=O)CC2)cc1. The second-order valence-electron chi connectivity index (χ2n) is 9.31. The van der Waals surface area contributed by atoms with Crippen LogP contribution in [-0.2, 0) is 6.54 Å². The molecule has 10 nitrogen and oxygen atoms in total. The topological polar surface area (TPSA) is 143 Å². The lowest BCUT2D eigenvalue weighted by Gasteiger charge is -2.38. The number of fused-ring (bicyclic) bond motifs is 1. The number of piperidine rings is 1. The molecule has 0 aliphatic carbocycles. The van der Waals surface area contributed by atoms with Crippen LogP contribution in [0.15, 0.2) is 72.0 Å². The molecule has 5 rings (SSSR count). The lowest BCUT2D eigenvalue weighted by atomic mass is 9.90. The van der Waals surface area contributed by atoms with Gasteiger partial charge in [-0.05, 0) is 54.8 Å². The van der Waals surface area contributed by atoms with E-state index in [1.165, 1.54) is 40.1 Å². The third kappa shape index (κ3) is 4.71. The minimum absolute atomic E-state index is 0.0328. The number of hydrogen-bond donors (Lipinski definition) is 3. The number of nitrogens with two attached hydrogens (primary N) is 1. The number of carbonyl (C=O) groups excluding carboxylic acids is 1. The highest BCUT2D eigenvalue weighted by molar-refractivity contribution is 6.08. The van der Waals surface area contributed by atoms with Crippen LogP contribution in [0.4, 0.5) is 4.39 Å². The monoisotopic (exact) mass is 515 g/mol. The Morgan fingerprint density at radius 2 is 1.76 bits per heavy atom. The van der Waals surface area contributed by atoms with Gasteiger partial charge in [0.05, 0.1) is 24.0 Å². The molecule has 1 aliphatic heterocycles. The summed E-state index contributed by atoms with van der Waals surface area (Å²) in [5, 5.41) is 23.1. The largest absolute Gasteiger partial charge is 0.404 e. The number of nitrogens with one attached hydrogen (secondary N) is 1. The van der Waals surface area contributed by atoms with E-state index < -0.39 is 5.60 Å². The minimum atomic E-state index is -1.18. The molecular weight excluding hydrogens is 489 g/mol. The molecule has 1 fully saturated rings. The molecule has 0 radical (unpaired) electrons. The summed E-state index contributed by atoms with van der Waals surface area (Å²) in [4.78, 5) is 32.2. The number of aliphatic hydroxyl groups is 1. The Kier molecular flexibility index (Phi) is 6.60. The van der Waals surface area contributed by atoms with Crippen molar-refractivity contribution in [2.45, 2.75) is 25.0 Å². The number of hydrogen-bond acceptors (Lipinski definition) is 7. The van der Waals surface area contributed by atoms with Crippen molar-refractivity contribution < 1.29 is 14.3 Å². The first-order valence-corrected chi connectivity index (χ1v) is 12.1. The third-order valence-electron chi connectivity index (χ3n) is 6.87. The molecule has 3 heterocycles.